The predicted octanol–water partition coefficient (Wildman–Crippen LogP) is 3.70. The van der Waals surface area contributed by atoms with E-state index in [-0.39, 0.29) is 11.9 Å². The number of halogens is 1. The Morgan fingerprint density at radius 3 is 2.38 bits per heavy atom. The van der Waals surface area contributed by atoms with Crippen molar-refractivity contribution >= 4 is 21.8 Å². The van der Waals surface area contributed by atoms with Crippen molar-refractivity contribution in [1.29, 1.82) is 0 Å². The van der Waals surface area contributed by atoms with Crippen LogP contribution in [0.1, 0.15) is 29.8 Å². The van der Waals surface area contributed by atoms with Crippen molar-refractivity contribution in [3.63, 3.8) is 0 Å². The first-order valence-corrected chi connectivity index (χ1v) is 5.87. The summed E-state index contributed by atoms with van der Waals surface area (Å²) in [7, 11) is 0. The lowest BCUT2D eigenvalue weighted by atomic mass is 10.1. The van der Waals surface area contributed by atoms with Gasteiger partial charge in [0.1, 0.15) is 0 Å². The number of benzene rings is 1. The number of hydrogen-bond donors (Lipinski definition) is 1. The van der Waals surface area contributed by atoms with Crippen LogP contribution in [0.5, 0.6) is 0 Å². The Morgan fingerprint density at radius 1 is 1.38 bits per heavy atom. The van der Waals surface area contributed by atoms with E-state index in [9.17, 15) is 4.79 Å². The van der Waals surface area contributed by atoms with E-state index in [0.29, 0.717) is 5.56 Å². The summed E-state index contributed by atoms with van der Waals surface area (Å²) in [6, 6.07) is 5.77. The molecule has 1 aromatic rings. The lowest BCUT2D eigenvalue weighted by molar-refractivity contribution is 0.0943. The van der Waals surface area contributed by atoms with Gasteiger partial charge in [-0.05, 0) is 38.5 Å². The van der Waals surface area contributed by atoms with Crippen molar-refractivity contribution in [3.8, 4) is 0 Å². The molecule has 0 aliphatic carbocycles. The Morgan fingerprint density at radius 2 is 1.94 bits per heavy atom. The summed E-state index contributed by atoms with van der Waals surface area (Å²) in [6.07, 6.45) is 0. The van der Waals surface area contributed by atoms with Gasteiger partial charge in [0.25, 0.3) is 5.91 Å². The Labute approximate surface area is 106 Å². The zero-order valence-corrected chi connectivity index (χ0v) is 11.6. The molecule has 3 heteroatoms. The van der Waals surface area contributed by atoms with Crippen LogP contribution >= 0.6 is 15.9 Å². The molecule has 0 radical (unpaired) electrons. The molecule has 0 spiro atoms. The Kier molecular flexibility index (Phi) is 6.74. The molecule has 0 saturated heterocycles. The van der Waals surface area contributed by atoms with Gasteiger partial charge in [-0.1, -0.05) is 22.0 Å². The molecule has 0 saturated carbocycles. The maximum Gasteiger partial charge on any atom is 0.251 e. The van der Waals surface area contributed by atoms with Crippen LogP contribution in [0.25, 0.3) is 0 Å². The van der Waals surface area contributed by atoms with E-state index in [1.54, 1.807) is 0 Å². The molecule has 16 heavy (non-hydrogen) atoms. The van der Waals surface area contributed by atoms with Crippen LogP contribution in [-0.4, -0.2) is 11.9 Å². The highest BCUT2D eigenvalue weighted by atomic mass is 79.9. The molecule has 1 N–H and O–H groups in total. The fourth-order valence-corrected chi connectivity index (χ4v) is 1.46. The van der Waals surface area contributed by atoms with E-state index >= 15 is 0 Å². The Balaban J connectivity index is 0.00000106. The van der Waals surface area contributed by atoms with Gasteiger partial charge < -0.3 is 5.32 Å². The first kappa shape index (κ1) is 14.9. The molecule has 0 fully saturated rings. The van der Waals surface area contributed by atoms with Gasteiger partial charge in [0, 0.05) is 16.1 Å². The minimum atomic E-state index is -0.0271. The van der Waals surface area contributed by atoms with E-state index in [4.69, 9.17) is 0 Å². The predicted molar refractivity (Wildman–Crippen MR) is 72.7 cm³/mol. The number of nitrogens with one attached hydrogen (secondary N) is 1. The third kappa shape index (κ3) is 4.62. The zero-order valence-electron chi connectivity index (χ0n) is 10.0. The first-order valence-electron chi connectivity index (χ1n) is 5.07. The third-order valence-corrected chi connectivity index (χ3v) is 2.71. The monoisotopic (exact) mass is 283 g/mol. The van der Waals surface area contributed by atoms with Crippen LogP contribution in [0, 0.1) is 6.92 Å². The molecular formula is C13H18BrNO. The van der Waals surface area contributed by atoms with Crippen molar-refractivity contribution in [2.24, 2.45) is 0 Å². The van der Waals surface area contributed by atoms with Crippen LogP contribution in [-0.2, 0) is 0 Å². The summed E-state index contributed by atoms with van der Waals surface area (Å²) in [5.41, 5.74) is 1.82. The van der Waals surface area contributed by atoms with Crippen LogP contribution in [0.4, 0.5) is 0 Å². The maximum absolute atomic E-state index is 11.6. The van der Waals surface area contributed by atoms with Crippen molar-refractivity contribution in [2.75, 3.05) is 0 Å². The smallest absolute Gasteiger partial charge is 0.251 e. The van der Waals surface area contributed by atoms with Gasteiger partial charge in [-0.2, -0.15) is 0 Å². The minimum absolute atomic E-state index is 0.0271. The van der Waals surface area contributed by atoms with E-state index in [2.05, 4.69) is 34.4 Å². The van der Waals surface area contributed by atoms with Crippen LogP contribution < -0.4 is 5.32 Å². The van der Waals surface area contributed by atoms with Crippen molar-refractivity contribution in [1.82, 2.24) is 5.32 Å². The molecule has 1 amide bonds. The van der Waals surface area contributed by atoms with E-state index in [1.165, 1.54) is 0 Å². The molecule has 0 unspecified atom stereocenters. The average molecular weight is 284 g/mol. The molecule has 0 bridgehead atoms. The average Bonchev–Trinajstić information content (AvgIpc) is 2.24. The topological polar surface area (TPSA) is 29.1 Å². The van der Waals surface area contributed by atoms with E-state index < -0.39 is 0 Å². The molecule has 1 aromatic carbocycles. The van der Waals surface area contributed by atoms with Crippen LogP contribution in [0.3, 0.4) is 0 Å². The molecule has 0 atom stereocenters. The highest BCUT2D eigenvalue weighted by Crippen LogP contribution is 2.17. The Bertz CT molecular complexity index is 361. The molecule has 2 nitrogen and oxygen atoms in total. The second kappa shape index (κ2) is 7.23. The summed E-state index contributed by atoms with van der Waals surface area (Å²) in [4.78, 5) is 11.6. The second-order valence-electron chi connectivity index (χ2n) is 3.59. The lowest BCUT2D eigenvalue weighted by Gasteiger charge is -2.08. The number of carbonyl (C=O) groups excluding carboxylic acids is 1. The van der Waals surface area contributed by atoms with Gasteiger partial charge in [-0.3, -0.25) is 4.79 Å². The van der Waals surface area contributed by atoms with E-state index in [1.807, 2.05) is 39.0 Å². The molecule has 1 rings (SSSR count). The number of hydrogen-bond acceptors (Lipinski definition) is 1. The van der Waals surface area contributed by atoms with Gasteiger partial charge in [-0.15, -0.1) is 13.2 Å². The molecule has 88 valence electrons. The van der Waals surface area contributed by atoms with Crippen LogP contribution in [0.2, 0.25) is 0 Å². The molecule has 0 aromatic heterocycles. The summed E-state index contributed by atoms with van der Waals surface area (Å²) < 4.78 is 0.967. The highest BCUT2D eigenvalue weighted by Gasteiger charge is 2.07. The highest BCUT2D eigenvalue weighted by molar-refractivity contribution is 9.10. The van der Waals surface area contributed by atoms with Gasteiger partial charge in [-0.25, -0.2) is 0 Å². The second-order valence-corrected chi connectivity index (χ2v) is 4.45. The quantitative estimate of drug-likeness (QED) is 0.824. The molecule has 0 aliphatic heterocycles. The maximum atomic E-state index is 11.6. The summed E-state index contributed by atoms with van der Waals surface area (Å²) in [6.45, 7) is 11.9. The summed E-state index contributed by atoms with van der Waals surface area (Å²) in [5, 5.41) is 2.85. The molecule has 0 aliphatic rings. The van der Waals surface area contributed by atoms with Gasteiger partial charge in [0.05, 0.1) is 0 Å². The molecule has 0 heterocycles. The number of carbonyl (C=O) groups is 1. The standard InChI is InChI=1S/C11H14BrNO.C2H4/c1-7(2)13-11(14)9-5-4-8(3)10(12)6-9;1-2/h4-7H,1-3H3,(H,13,14);1-2H2. The SMILES string of the molecule is C=C.Cc1ccc(C(=O)NC(C)C)cc1Br. The zero-order chi connectivity index (χ0) is 12.7. The van der Waals surface area contributed by atoms with Crippen molar-refractivity contribution in [2.45, 2.75) is 26.8 Å². The summed E-state index contributed by atoms with van der Waals surface area (Å²) in [5.74, 6) is -0.0271. The van der Waals surface area contributed by atoms with Crippen molar-refractivity contribution in [3.05, 3.63) is 47.0 Å². The number of aryl methyl sites for hydroxylation is 1. The summed E-state index contributed by atoms with van der Waals surface area (Å²) >= 11 is 3.40. The largest absolute Gasteiger partial charge is 0.350 e. The minimum Gasteiger partial charge on any atom is -0.350 e. The number of amides is 1. The lowest BCUT2D eigenvalue weighted by Crippen LogP contribution is -2.30. The fourth-order valence-electron chi connectivity index (χ4n) is 1.08. The molecular weight excluding hydrogens is 266 g/mol. The normalized spacial score (nSPS) is 9.31. The number of rotatable bonds is 2. The van der Waals surface area contributed by atoms with Gasteiger partial charge in [0.2, 0.25) is 0 Å². The fraction of sp³-hybridized carbons (Fsp3) is 0.308. The van der Waals surface area contributed by atoms with Gasteiger partial charge in [0.15, 0.2) is 0 Å². The van der Waals surface area contributed by atoms with E-state index in [0.717, 1.165) is 10.0 Å². The van der Waals surface area contributed by atoms with Crippen LogP contribution in [0.15, 0.2) is 35.8 Å². The first-order chi connectivity index (χ1) is 7.50. The van der Waals surface area contributed by atoms with Crippen molar-refractivity contribution < 1.29 is 4.79 Å². The Hall–Kier alpha value is -1.09. The third-order valence-electron chi connectivity index (χ3n) is 1.85. The van der Waals surface area contributed by atoms with Gasteiger partial charge >= 0.3 is 0 Å².